The third-order valence-corrected chi connectivity index (χ3v) is 2.01. The molecule has 1 aromatic carbocycles. The van der Waals surface area contributed by atoms with Crippen LogP contribution >= 0.6 is 0 Å². The van der Waals surface area contributed by atoms with Gasteiger partial charge in [0.05, 0.1) is 0 Å². The van der Waals surface area contributed by atoms with Crippen LogP contribution in [0.5, 0.6) is 0 Å². The fourth-order valence-corrected chi connectivity index (χ4v) is 1.09. The minimum atomic E-state index is 0. The van der Waals surface area contributed by atoms with E-state index in [0.717, 1.165) is 19.3 Å². The predicted molar refractivity (Wildman–Crippen MR) is 83.3 cm³/mol. The van der Waals surface area contributed by atoms with Crippen molar-refractivity contribution in [3.63, 3.8) is 0 Å². The molecule has 19 heavy (non-hydrogen) atoms. The molecule has 0 aliphatic carbocycles. The van der Waals surface area contributed by atoms with E-state index in [1.165, 1.54) is 5.56 Å². The molecule has 0 saturated heterocycles. The standard InChI is InChI=1S/C8H10.C5H9.C5H8.Ru/c1-2-8-6-4-3-5-7-8;2*1-3-5-4-2;/h3-7H,2H2,1H3;5H,3H2,1-2H3;3H2,1-2H3;/q;-1;;+1. The van der Waals surface area contributed by atoms with Crippen molar-refractivity contribution in [2.45, 2.75) is 53.9 Å². The normalized spacial score (nSPS) is 7.84. The summed E-state index contributed by atoms with van der Waals surface area (Å²) in [6.45, 7) is 10.1. The Morgan fingerprint density at radius 1 is 1.11 bits per heavy atom. The van der Waals surface area contributed by atoms with Crippen LogP contribution in [-0.2, 0) is 25.9 Å². The van der Waals surface area contributed by atoms with E-state index in [1.54, 1.807) is 0 Å². The van der Waals surface area contributed by atoms with Crippen molar-refractivity contribution in [3.8, 4) is 11.8 Å². The van der Waals surface area contributed by atoms with E-state index < -0.39 is 0 Å². The summed E-state index contributed by atoms with van der Waals surface area (Å²) in [7, 11) is 0. The zero-order valence-corrected chi connectivity index (χ0v) is 14.7. The van der Waals surface area contributed by atoms with Crippen molar-refractivity contribution in [3.05, 3.63) is 48.0 Å². The van der Waals surface area contributed by atoms with Crippen LogP contribution in [0.25, 0.3) is 0 Å². The van der Waals surface area contributed by atoms with Gasteiger partial charge in [-0.05, 0) is 18.9 Å². The van der Waals surface area contributed by atoms with Crippen molar-refractivity contribution < 1.29 is 19.5 Å². The van der Waals surface area contributed by atoms with Gasteiger partial charge in [0.15, 0.2) is 0 Å². The number of hydrogen-bond donors (Lipinski definition) is 0. The molecule has 0 nitrogen and oxygen atoms in total. The quantitative estimate of drug-likeness (QED) is 0.381. The summed E-state index contributed by atoms with van der Waals surface area (Å²) < 4.78 is 0. The monoisotopic (exact) mass is 345 g/mol. The number of benzene rings is 1. The van der Waals surface area contributed by atoms with E-state index >= 15 is 0 Å². The summed E-state index contributed by atoms with van der Waals surface area (Å²) >= 11 is 0. The Bertz CT molecular complexity index is 328. The van der Waals surface area contributed by atoms with Crippen molar-refractivity contribution in [1.29, 1.82) is 0 Å². The zero-order chi connectivity index (χ0) is 14.1. The molecule has 0 saturated carbocycles. The molecule has 1 aromatic rings. The van der Waals surface area contributed by atoms with Gasteiger partial charge in [0.1, 0.15) is 0 Å². The minimum Gasteiger partial charge on any atom is -0.504 e. The van der Waals surface area contributed by atoms with Crippen LogP contribution in [-0.4, -0.2) is 0 Å². The molecule has 1 heteroatoms. The Morgan fingerprint density at radius 3 is 1.84 bits per heavy atom. The van der Waals surface area contributed by atoms with Crippen LogP contribution in [0.3, 0.4) is 0 Å². The molecule has 0 aliphatic heterocycles. The third-order valence-electron chi connectivity index (χ3n) is 2.01. The summed E-state index contributed by atoms with van der Waals surface area (Å²) in [5.74, 6) is 5.63. The fraction of sp³-hybridized carbons (Fsp3) is 0.444. The van der Waals surface area contributed by atoms with Crippen LogP contribution in [0.1, 0.15) is 53.0 Å². The van der Waals surface area contributed by atoms with Gasteiger partial charge < -0.3 is 6.08 Å². The summed E-state index contributed by atoms with van der Waals surface area (Å²) in [6, 6.07) is 10.5. The maximum atomic E-state index is 2.89. The smallest absolute Gasteiger partial charge is 0.504 e. The summed E-state index contributed by atoms with van der Waals surface area (Å²) in [6.07, 6.45) is 8.12. The number of allylic oxidation sites excluding steroid dienone is 2. The second kappa shape index (κ2) is 22.3. The van der Waals surface area contributed by atoms with E-state index in [2.05, 4.69) is 56.0 Å². The van der Waals surface area contributed by atoms with Crippen LogP contribution in [0.2, 0.25) is 0 Å². The van der Waals surface area contributed by atoms with Gasteiger partial charge in [-0.2, -0.15) is 6.92 Å². The van der Waals surface area contributed by atoms with Crippen LogP contribution in [0.15, 0.2) is 36.4 Å². The van der Waals surface area contributed by atoms with Gasteiger partial charge in [-0.3, -0.25) is 6.08 Å². The minimum absolute atomic E-state index is 0. The first-order valence-corrected chi connectivity index (χ1v) is 6.69. The SMILES string of the molecule is CC#CCC.CCc1ccccc1.C[C-]=CCC.[Ru+]. The second-order valence-corrected chi connectivity index (χ2v) is 3.52. The molecule has 0 N–H and O–H groups in total. The van der Waals surface area contributed by atoms with E-state index in [-0.39, 0.29) is 19.5 Å². The van der Waals surface area contributed by atoms with E-state index in [9.17, 15) is 0 Å². The van der Waals surface area contributed by atoms with Crippen LogP contribution < -0.4 is 0 Å². The van der Waals surface area contributed by atoms with Gasteiger partial charge >= 0.3 is 19.5 Å². The van der Waals surface area contributed by atoms with Gasteiger partial charge in [0.2, 0.25) is 0 Å². The predicted octanol–water partition coefficient (Wildman–Crippen LogP) is 5.44. The first-order valence-electron chi connectivity index (χ1n) is 6.69. The van der Waals surface area contributed by atoms with E-state index in [1.807, 2.05) is 32.9 Å². The first-order chi connectivity index (χ1) is 8.76. The molecule has 0 bridgehead atoms. The molecular formula is C18H27Ru. The Morgan fingerprint density at radius 2 is 1.68 bits per heavy atom. The molecule has 0 spiro atoms. The van der Waals surface area contributed by atoms with Gasteiger partial charge in [0.25, 0.3) is 0 Å². The van der Waals surface area contributed by atoms with Gasteiger partial charge in [-0.1, -0.05) is 57.5 Å². The van der Waals surface area contributed by atoms with Crippen molar-refractivity contribution in [2.24, 2.45) is 0 Å². The molecule has 0 aromatic heterocycles. The van der Waals surface area contributed by atoms with E-state index in [4.69, 9.17) is 0 Å². The summed E-state index contributed by atoms with van der Waals surface area (Å²) in [5.41, 5.74) is 1.41. The van der Waals surface area contributed by atoms with Crippen molar-refractivity contribution in [2.75, 3.05) is 0 Å². The number of hydrogen-bond acceptors (Lipinski definition) is 0. The van der Waals surface area contributed by atoms with Crippen LogP contribution in [0.4, 0.5) is 0 Å². The summed E-state index contributed by atoms with van der Waals surface area (Å²) in [4.78, 5) is 0. The molecular weight excluding hydrogens is 317 g/mol. The van der Waals surface area contributed by atoms with Gasteiger partial charge in [-0.25, -0.2) is 0 Å². The zero-order valence-electron chi connectivity index (χ0n) is 12.9. The van der Waals surface area contributed by atoms with Crippen LogP contribution in [0, 0.1) is 17.9 Å². The molecule has 0 amide bonds. The maximum Gasteiger partial charge on any atom is 1.00 e. The largest absolute Gasteiger partial charge is 1.00 e. The average Bonchev–Trinajstić information content (AvgIpc) is 2.43. The Labute approximate surface area is 133 Å². The molecule has 0 fully saturated rings. The third kappa shape index (κ3) is 22.8. The molecule has 0 heterocycles. The Hall–Kier alpha value is -0.857. The second-order valence-electron chi connectivity index (χ2n) is 3.52. The van der Waals surface area contributed by atoms with Crippen molar-refractivity contribution >= 4 is 0 Å². The van der Waals surface area contributed by atoms with Gasteiger partial charge in [-0.15, -0.1) is 11.8 Å². The Kier molecular flexibility index (Phi) is 27.3. The van der Waals surface area contributed by atoms with E-state index in [0.29, 0.717) is 0 Å². The molecule has 1 radical (unpaired) electrons. The van der Waals surface area contributed by atoms with Crippen molar-refractivity contribution in [1.82, 2.24) is 0 Å². The average molecular weight is 344 g/mol. The molecule has 107 valence electrons. The Balaban J connectivity index is -0.000000208. The van der Waals surface area contributed by atoms with Gasteiger partial charge in [0, 0.05) is 6.42 Å². The molecule has 0 atom stereocenters. The molecule has 0 aliphatic rings. The maximum absolute atomic E-state index is 2.89. The first kappa shape index (κ1) is 23.3. The fourth-order valence-electron chi connectivity index (χ4n) is 1.09. The summed E-state index contributed by atoms with van der Waals surface area (Å²) in [5, 5.41) is 0. The molecule has 0 unspecified atom stereocenters. The topological polar surface area (TPSA) is 0 Å². The number of aryl methyl sites for hydroxylation is 1. The molecule has 1 rings (SSSR count). The number of rotatable bonds is 2.